The van der Waals surface area contributed by atoms with E-state index in [1.165, 1.54) is 6.26 Å². The SMILES string of the molecule is Cc1ccoc1C(=O)OCc1ccc(C(=O)N2CCCC2)cc1. The van der Waals surface area contributed by atoms with Gasteiger partial charge in [-0.3, -0.25) is 4.79 Å². The molecule has 0 saturated carbocycles. The number of rotatable bonds is 4. The molecule has 120 valence electrons. The number of hydrogen-bond donors (Lipinski definition) is 0. The Hall–Kier alpha value is -2.56. The highest BCUT2D eigenvalue weighted by molar-refractivity contribution is 5.94. The molecule has 1 aliphatic rings. The van der Waals surface area contributed by atoms with Crippen LogP contribution in [0.15, 0.2) is 41.0 Å². The Bertz CT molecular complexity index is 696. The van der Waals surface area contributed by atoms with Crippen molar-refractivity contribution in [3.05, 3.63) is 59.0 Å². The number of furan rings is 1. The molecule has 1 saturated heterocycles. The quantitative estimate of drug-likeness (QED) is 0.813. The standard InChI is InChI=1S/C18H19NO4/c1-13-8-11-22-16(13)18(21)23-12-14-4-6-15(7-5-14)17(20)19-9-2-3-10-19/h4-8,11H,2-3,9-10,12H2,1H3. The maximum absolute atomic E-state index is 12.2. The van der Waals surface area contributed by atoms with E-state index in [9.17, 15) is 9.59 Å². The van der Waals surface area contributed by atoms with Crippen molar-refractivity contribution < 1.29 is 18.7 Å². The lowest BCUT2D eigenvalue weighted by atomic mass is 10.1. The number of esters is 1. The van der Waals surface area contributed by atoms with Gasteiger partial charge in [-0.15, -0.1) is 0 Å². The first-order valence-corrected chi connectivity index (χ1v) is 7.74. The molecule has 0 atom stereocenters. The van der Waals surface area contributed by atoms with Crippen LogP contribution in [0, 0.1) is 6.92 Å². The summed E-state index contributed by atoms with van der Waals surface area (Å²) in [5.41, 5.74) is 2.26. The molecule has 23 heavy (non-hydrogen) atoms. The zero-order chi connectivity index (χ0) is 16.2. The summed E-state index contributed by atoms with van der Waals surface area (Å²) in [4.78, 5) is 26.0. The first-order valence-electron chi connectivity index (χ1n) is 7.74. The molecule has 0 spiro atoms. The summed E-state index contributed by atoms with van der Waals surface area (Å²) in [6.07, 6.45) is 3.61. The van der Waals surface area contributed by atoms with Crippen LogP contribution in [0.2, 0.25) is 0 Å². The highest BCUT2D eigenvalue weighted by Crippen LogP contribution is 2.15. The lowest BCUT2D eigenvalue weighted by Crippen LogP contribution is -2.27. The molecule has 5 nitrogen and oxygen atoms in total. The summed E-state index contributed by atoms with van der Waals surface area (Å²) >= 11 is 0. The van der Waals surface area contributed by atoms with Gasteiger partial charge in [0.2, 0.25) is 5.76 Å². The van der Waals surface area contributed by atoms with E-state index in [1.807, 2.05) is 17.0 Å². The Balaban J connectivity index is 1.58. The third-order valence-corrected chi connectivity index (χ3v) is 4.01. The number of benzene rings is 1. The van der Waals surface area contributed by atoms with E-state index in [2.05, 4.69) is 0 Å². The summed E-state index contributed by atoms with van der Waals surface area (Å²) in [5.74, 6) is -0.187. The fourth-order valence-corrected chi connectivity index (χ4v) is 2.64. The molecular formula is C18H19NO4. The van der Waals surface area contributed by atoms with Gasteiger partial charge in [0.05, 0.1) is 6.26 Å². The minimum Gasteiger partial charge on any atom is -0.457 e. The molecule has 5 heteroatoms. The second-order valence-electron chi connectivity index (χ2n) is 5.71. The molecule has 0 unspecified atom stereocenters. The van der Waals surface area contributed by atoms with E-state index in [0.717, 1.165) is 37.1 Å². The topological polar surface area (TPSA) is 59.8 Å². The number of amides is 1. The predicted octanol–water partition coefficient (Wildman–Crippen LogP) is 3.18. The smallest absolute Gasteiger partial charge is 0.374 e. The zero-order valence-electron chi connectivity index (χ0n) is 13.1. The van der Waals surface area contributed by atoms with Crippen LogP contribution in [-0.4, -0.2) is 29.9 Å². The summed E-state index contributed by atoms with van der Waals surface area (Å²) in [6.45, 7) is 3.61. The molecule has 0 aliphatic carbocycles. The summed E-state index contributed by atoms with van der Waals surface area (Å²) in [5, 5.41) is 0. The monoisotopic (exact) mass is 313 g/mol. The van der Waals surface area contributed by atoms with Gasteiger partial charge in [-0.2, -0.15) is 0 Å². The third-order valence-electron chi connectivity index (χ3n) is 4.01. The number of nitrogens with zero attached hydrogens (tertiary/aromatic N) is 1. The average molecular weight is 313 g/mol. The van der Waals surface area contributed by atoms with Gasteiger partial charge in [-0.1, -0.05) is 12.1 Å². The molecule has 1 aliphatic heterocycles. The Morgan fingerprint density at radius 2 is 1.83 bits per heavy atom. The van der Waals surface area contributed by atoms with Crippen molar-refractivity contribution in [3.8, 4) is 0 Å². The van der Waals surface area contributed by atoms with Gasteiger partial charge < -0.3 is 14.1 Å². The maximum atomic E-state index is 12.2. The molecule has 0 bridgehead atoms. The van der Waals surface area contributed by atoms with Crippen molar-refractivity contribution in [1.82, 2.24) is 4.90 Å². The van der Waals surface area contributed by atoms with Crippen molar-refractivity contribution in [1.29, 1.82) is 0 Å². The molecule has 1 aromatic carbocycles. The van der Waals surface area contributed by atoms with Crippen molar-refractivity contribution >= 4 is 11.9 Å². The minimum atomic E-state index is -0.482. The van der Waals surface area contributed by atoms with Crippen molar-refractivity contribution in [2.45, 2.75) is 26.4 Å². The Labute approximate surface area is 134 Å². The van der Waals surface area contributed by atoms with E-state index in [0.29, 0.717) is 5.56 Å². The van der Waals surface area contributed by atoms with Crippen LogP contribution in [0.3, 0.4) is 0 Å². The molecule has 2 aromatic rings. The van der Waals surface area contributed by atoms with Gasteiger partial charge in [-0.25, -0.2) is 4.79 Å². The number of likely N-dealkylation sites (tertiary alicyclic amines) is 1. The molecule has 0 N–H and O–H groups in total. The largest absolute Gasteiger partial charge is 0.457 e. The van der Waals surface area contributed by atoms with Crippen molar-refractivity contribution in [2.24, 2.45) is 0 Å². The fraction of sp³-hybridized carbons (Fsp3) is 0.333. The van der Waals surface area contributed by atoms with Crippen LogP contribution in [0.4, 0.5) is 0 Å². The number of carbonyl (C=O) groups is 2. The lowest BCUT2D eigenvalue weighted by molar-refractivity contribution is 0.0434. The van der Waals surface area contributed by atoms with Gasteiger partial charge in [0.15, 0.2) is 0 Å². The highest BCUT2D eigenvalue weighted by atomic mass is 16.5. The normalized spacial score (nSPS) is 14.0. The van der Waals surface area contributed by atoms with E-state index >= 15 is 0 Å². The fourth-order valence-electron chi connectivity index (χ4n) is 2.64. The van der Waals surface area contributed by atoms with Crippen LogP contribution in [0.1, 0.15) is 44.9 Å². The first kappa shape index (κ1) is 15.3. The first-order chi connectivity index (χ1) is 11.1. The average Bonchev–Trinajstić information content (AvgIpc) is 3.24. The number of aryl methyl sites for hydroxylation is 1. The zero-order valence-corrected chi connectivity index (χ0v) is 13.1. The van der Waals surface area contributed by atoms with Gasteiger partial charge in [-0.05, 0) is 43.5 Å². The molecule has 1 amide bonds. The second-order valence-corrected chi connectivity index (χ2v) is 5.71. The van der Waals surface area contributed by atoms with Crippen LogP contribution < -0.4 is 0 Å². The number of hydrogen-bond acceptors (Lipinski definition) is 4. The molecular weight excluding hydrogens is 294 g/mol. The minimum absolute atomic E-state index is 0.0669. The summed E-state index contributed by atoms with van der Waals surface area (Å²) in [6, 6.07) is 8.90. The number of ether oxygens (including phenoxy) is 1. The van der Waals surface area contributed by atoms with E-state index in [1.54, 1.807) is 25.1 Å². The molecule has 3 rings (SSSR count). The van der Waals surface area contributed by atoms with Gasteiger partial charge >= 0.3 is 5.97 Å². The maximum Gasteiger partial charge on any atom is 0.374 e. The summed E-state index contributed by atoms with van der Waals surface area (Å²) < 4.78 is 10.3. The van der Waals surface area contributed by atoms with Crippen LogP contribution in [-0.2, 0) is 11.3 Å². The Morgan fingerprint density at radius 3 is 2.43 bits per heavy atom. The van der Waals surface area contributed by atoms with E-state index in [4.69, 9.17) is 9.15 Å². The van der Waals surface area contributed by atoms with Crippen molar-refractivity contribution in [3.63, 3.8) is 0 Å². The Kier molecular flexibility index (Phi) is 4.46. The number of carbonyl (C=O) groups excluding carboxylic acids is 2. The van der Waals surface area contributed by atoms with Gasteiger partial charge in [0.25, 0.3) is 5.91 Å². The molecule has 1 fully saturated rings. The lowest BCUT2D eigenvalue weighted by Gasteiger charge is -2.15. The second kappa shape index (κ2) is 6.69. The van der Waals surface area contributed by atoms with Gasteiger partial charge in [0.1, 0.15) is 6.61 Å². The predicted molar refractivity (Wildman–Crippen MR) is 84.1 cm³/mol. The molecule has 2 heterocycles. The molecule has 1 aromatic heterocycles. The van der Waals surface area contributed by atoms with Crippen molar-refractivity contribution in [2.75, 3.05) is 13.1 Å². The Morgan fingerprint density at radius 1 is 1.13 bits per heavy atom. The van der Waals surface area contributed by atoms with Crippen LogP contribution in [0.5, 0.6) is 0 Å². The van der Waals surface area contributed by atoms with E-state index < -0.39 is 5.97 Å². The molecule has 0 radical (unpaired) electrons. The highest BCUT2D eigenvalue weighted by Gasteiger charge is 2.19. The van der Waals surface area contributed by atoms with Crippen LogP contribution >= 0.6 is 0 Å². The van der Waals surface area contributed by atoms with Gasteiger partial charge in [0, 0.05) is 24.2 Å². The van der Waals surface area contributed by atoms with E-state index in [-0.39, 0.29) is 18.3 Å². The third kappa shape index (κ3) is 3.44. The van der Waals surface area contributed by atoms with Crippen LogP contribution in [0.25, 0.3) is 0 Å². The summed E-state index contributed by atoms with van der Waals surface area (Å²) in [7, 11) is 0.